The highest BCUT2D eigenvalue weighted by molar-refractivity contribution is 9.10. The predicted octanol–water partition coefficient (Wildman–Crippen LogP) is 2.90. The highest BCUT2D eigenvalue weighted by Gasteiger charge is 2.00. The first-order valence-corrected chi connectivity index (χ1v) is 4.23. The normalized spacial score (nSPS) is 10.1. The van der Waals surface area contributed by atoms with E-state index in [0.29, 0.717) is 5.89 Å². The van der Waals surface area contributed by atoms with Crippen molar-refractivity contribution >= 4 is 15.9 Å². The van der Waals surface area contributed by atoms with E-state index in [1.807, 2.05) is 24.3 Å². The number of nitrogens with zero attached hydrogens (tertiary/aromatic N) is 1. The fourth-order valence-electron chi connectivity index (χ4n) is 0.919. The van der Waals surface area contributed by atoms with Crippen LogP contribution in [-0.2, 0) is 0 Å². The zero-order valence-corrected chi connectivity index (χ0v) is 7.71. The van der Waals surface area contributed by atoms with Crippen LogP contribution in [0.15, 0.2) is 39.4 Å². The Hall–Kier alpha value is -1.09. The van der Waals surface area contributed by atoms with Gasteiger partial charge in [0.2, 0.25) is 5.89 Å². The molecule has 0 aliphatic rings. The van der Waals surface area contributed by atoms with Crippen molar-refractivity contribution in [2.24, 2.45) is 0 Å². The second-order valence-electron chi connectivity index (χ2n) is 2.29. The van der Waals surface area contributed by atoms with Gasteiger partial charge in [-0.25, -0.2) is 4.98 Å². The lowest BCUT2D eigenvalue weighted by Gasteiger charge is -1.93. The lowest BCUT2D eigenvalue weighted by atomic mass is 10.2. The molecule has 0 fully saturated rings. The summed E-state index contributed by atoms with van der Waals surface area (Å²) in [5.41, 5.74) is 0.958. The molecule has 0 saturated heterocycles. The van der Waals surface area contributed by atoms with Gasteiger partial charge in [0.15, 0.2) is 6.26 Å². The van der Waals surface area contributed by atoms with E-state index in [1.54, 1.807) is 0 Å². The molecule has 0 saturated carbocycles. The number of benzene rings is 1. The fourth-order valence-corrected chi connectivity index (χ4v) is 1.18. The second kappa shape index (κ2) is 3.11. The molecule has 0 N–H and O–H groups in total. The zero-order chi connectivity index (χ0) is 8.39. The van der Waals surface area contributed by atoms with Gasteiger partial charge in [-0.1, -0.05) is 15.9 Å². The maximum Gasteiger partial charge on any atom is 0.226 e. The summed E-state index contributed by atoms with van der Waals surface area (Å²) in [6.07, 6.45) is 4.06. The number of hydrogen-bond donors (Lipinski definition) is 0. The Balaban J connectivity index is 2.43. The van der Waals surface area contributed by atoms with Gasteiger partial charge < -0.3 is 4.42 Å². The van der Waals surface area contributed by atoms with Crippen LogP contribution < -0.4 is 0 Å². The summed E-state index contributed by atoms with van der Waals surface area (Å²) in [7, 11) is 0. The molecular weight excluding hydrogens is 218 g/mol. The van der Waals surface area contributed by atoms with Crippen LogP contribution in [-0.4, -0.2) is 4.98 Å². The summed E-state index contributed by atoms with van der Waals surface area (Å²) in [5.74, 6) is 0.600. The van der Waals surface area contributed by atoms with Crippen LogP contribution in [0.2, 0.25) is 0 Å². The minimum absolute atomic E-state index is 0.600. The summed E-state index contributed by atoms with van der Waals surface area (Å²) in [4.78, 5) is 3.98. The molecule has 2 aromatic rings. The SMILES string of the molecule is Brc1ccc(-c2nc[c]o2)cc1. The van der Waals surface area contributed by atoms with Gasteiger partial charge in [0.25, 0.3) is 0 Å². The minimum Gasteiger partial charge on any atom is -0.433 e. The molecule has 12 heavy (non-hydrogen) atoms. The molecule has 0 unspecified atom stereocenters. The second-order valence-corrected chi connectivity index (χ2v) is 3.21. The number of halogens is 1. The molecule has 1 heterocycles. The third-order valence-corrected chi connectivity index (χ3v) is 2.01. The Labute approximate surface area is 78.4 Å². The van der Waals surface area contributed by atoms with Crippen molar-refractivity contribution in [3.05, 3.63) is 41.2 Å². The predicted molar refractivity (Wildman–Crippen MR) is 48.5 cm³/mol. The average molecular weight is 223 g/mol. The smallest absolute Gasteiger partial charge is 0.226 e. The van der Waals surface area contributed by atoms with E-state index in [2.05, 4.69) is 27.2 Å². The van der Waals surface area contributed by atoms with Crippen molar-refractivity contribution in [1.82, 2.24) is 4.98 Å². The summed E-state index contributed by atoms with van der Waals surface area (Å²) >= 11 is 3.35. The average Bonchev–Trinajstić information content (AvgIpc) is 2.58. The van der Waals surface area contributed by atoms with Gasteiger partial charge in [-0.3, -0.25) is 0 Å². The van der Waals surface area contributed by atoms with Gasteiger partial charge >= 0.3 is 0 Å². The molecule has 2 rings (SSSR count). The van der Waals surface area contributed by atoms with Crippen LogP contribution in [0.25, 0.3) is 11.5 Å². The van der Waals surface area contributed by atoms with Gasteiger partial charge in [-0.05, 0) is 24.3 Å². The Morgan fingerprint density at radius 3 is 2.58 bits per heavy atom. The van der Waals surface area contributed by atoms with Gasteiger partial charge in [0.1, 0.15) is 0 Å². The minimum atomic E-state index is 0.600. The molecule has 1 aromatic carbocycles. The highest BCUT2D eigenvalue weighted by Crippen LogP contribution is 2.19. The molecule has 0 amide bonds. The quantitative estimate of drug-likeness (QED) is 0.742. The number of oxazole rings is 1. The van der Waals surface area contributed by atoms with Crippen LogP contribution in [0.4, 0.5) is 0 Å². The van der Waals surface area contributed by atoms with E-state index in [0.717, 1.165) is 10.0 Å². The maximum absolute atomic E-state index is 5.01. The number of aromatic nitrogens is 1. The first-order valence-electron chi connectivity index (χ1n) is 3.44. The van der Waals surface area contributed by atoms with Crippen LogP contribution in [0, 0.1) is 6.26 Å². The number of hydrogen-bond acceptors (Lipinski definition) is 2. The third-order valence-electron chi connectivity index (χ3n) is 1.48. The van der Waals surface area contributed by atoms with Crippen LogP contribution in [0.5, 0.6) is 0 Å². The third kappa shape index (κ3) is 1.41. The largest absolute Gasteiger partial charge is 0.433 e. The van der Waals surface area contributed by atoms with Crippen molar-refractivity contribution in [1.29, 1.82) is 0 Å². The van der Waals surface area contributed by atoms with Gasteiger partial charge in [0, 0.05) is 10.0 Å². The molecule has 3 heteroatoms. The van der Waals surface area contributed by atoms with Crippen molar-refractivity contribution in [2.75, 3.05) is 0 Å². The lowest BCUT2D eigenvalue weighted by molar-refractivity contribution is 0.566. The van der Waals surface area contributed by atoms with Crippen LogP contribution in [0.1, 0.15) is 0 Å². The summed E-state index contributed by atoms with van der Waals surface area (Å²) in [6, 6.07) is 7.76. The van der Waals surface area contributed by atoms with Crippen LogP contribution >= 0.6 is 15.9 Å². The van der Waals surface area contributed by atoms with E-state index < -0.39 is 0 Å². The Kier molecular flexibility index (Phi) is 1.96. The first-order chi connectivity index (χ1) is 5.86. The molecule has 0 aliphatic heterocycles. The van der Waals surface area contributed by atoms with E-state index >= 15 is 0 Å². The van der Waals surface area contributed by atoms with E-state index in [9.17, 15) is 0 Å². The first kappa shape index (κ1) is 7.55. The Morgan fingerprint density at radius 2 is 2.00 bits per heavy atom. The Morgan fingerprint density at radius 1 is 1.25 bits per heavy atom. The van der Waals surface area contributed by atoms with Crippen molar-refractivity contribution in [2.45, 2.75) is 0 Å². The van der Waals surface area contributed by atoms with Gasteiger partial charge in [-0.15, -0.1) is 0 Å². The summed E-state index contributed by atoms with van der Waals surface area (Å²) in [5, 5.41) is 0. The summed E-state index contributed by atoms with van der Waals surface area (Å²) < 4.78 is 6.05. The fraction of sp³-hybridized carbons (Fsp3) is 0. The highest BCUT2D eigenvalue weighted by atomic mass is 79.9. The monoisotopic (exact) mass is 222 g/mol. The molecule has 0 atom stereocenters. The van der Waals surface area contributed by atoms with Crippen molar-refractivity contribution in [3.63, 3.8) is 0 Å². The van der Waals surface area contributed by atoms with Crippen LogP contribution in [0.3, 0.4) is 0 Å². The Bertz CT molecular complexity index is 353. The summed E-state index contributed by atoms with van der Waals surface area (Å²) in [6.45, 7) is 0. The molecule has 0 bridgehead atoms. The van der Waals surface area contributed by atoms with E-state index in [1.165, 1.54) is 6.20 Å². The molecule has 1 radical (unpaired) electrons. The number of rotatable bonds is 1. The molecule has 59 valence electrons. The topological polar surface area (TPSA) is 26.0 Å². The van der Waals surface area contributed by atoms with Gasteiger partial charge in [-0.2, -0.15) is 0 Å². The zero-order valence-electron chi connectivity index (χ0n) is 6.12. The lowest BCUT2D eigenvalue weighted by Crippen LogP contribution is -1.74. The molecule has 0 spiro atoms. The van der Waals surface area contributed by atoms with Crippen molar-refractivity contribution in [3.8, 4) is 11.5 Å². The van der Waals surface area contributed by atoms with Gasteiger partial charge in [0.05, 0.1) is 6.20 Å². The van der Waals surface area contributed by atoms with Crippen molar-refractivity contribution < 1.29 is 4.42 Å². The van der Waals surface area contributed by atoms with E-state index in [-0.39, 0.29) is 0 Å². The maximum atomic E-state index is 5.01. The van der Waals surface area contributed by atoms with E-state index in [4.69, 9.17) is 4.42 Å². The standard InChI is InChI=1S/C9H5BrNO/c10-8-3-1-7(2-4-8)9-11-5-6-12-9/h1-5H. The molecule has 2 nitrogen and oxygen atoms in total. The molecule has 0 aliphatic carbocycles. The molecule has 1 aromatic heterocycles. The molecular formula is C9H5BrNO.